The molecular weight excluding hydrogens is 254 g/mol. The maximum absolute atomic E-state index is 5.41. The number of thiophene rings is 1. The summed E-state index contributed by atoms with van der Waals surface area (Å²) in [6.45, 7) is 0. The molecule has 3 heteroatoms. The Morgan fingerprint density at radius 3 is 2.79 bits per heavy atom. The highest BCUT2D eigenvalue weighted by atomic mass is 32.1. The summed E-state index contributed by atoms with van der Waals surface area (Å²) < 4.78 is 5.41. The number of hydrogen-bond acceptors (Lipinski definition) is 3. The summed E-state index contributed by atoms with van der Waals surface area (Å²) in [5.74, 6) is 0.985. The molecule has 102 valence electrons. The fourth-order valence-electron chi connectivity index (χ4n) is 2.26. The minimum atomic E-state index is 0.483. The van der Waals surface area contributed by atoms with Crippen LogP contribution >= 0.6 is 11.3 Å². The molecule has 19 heavy (non-hydrogen) atoms. The van der Waals surface area contributed by atoms with Gasteiger partial charge in [-0.3, -0.25) is 0 Å². The molecule has 2 rings (SSSR count). The number of benzene rings is 1. The van der Waals surface area contributed by atoms with Gasteiger partial charge >= 0.3 is 0 Å². The largest absolute Gasteiger partial charge is 0.496 e. The molecule has 1 aromatic carbocycles. The summed E-state index contributed by atoms with van der Waals surface area (Å²) in [6.07, 6.45) is 3.28. The molecule has 1 unspecified atom stereocenters. The first-order valence-corrected chi connectivity index (χ1v) is 7.58. The van der Waals surface area contributed by atoms with E-state index in [0.29, 0.717) is 6.04 Å². The van der Waals surface area contributed by atoms with Crippen LogP contribution in [0, 0.1) is 0 Å². The van der Waals surface area contributed by atoms with E-state index >= 15 is 0 Å². The molecule has 0 aliphatic heterocycles. The van der Waals surface area contributed by atoms with Gasteiger partial charge < -0.3 is 10.1 Å². The third-order valence-electron chi connectivity index (χ3n) is 3.43. The summed E-state index contributed by atoms with van der Waals surface area (Å²) in [4.78, 5) is 0. The van der Waals surface area contributed by atoms with Crippen molar-refractivity contribution in [2.24, 2.45) is 0 Å². The van der Waals surface area contributed by atoms with Crippen LogP contribution in [0.3, 0.4) is 0 Å². The van der Waals surface area contributed by atoms with E-state index in [1.807, 2.05) is 19.2 Å². The quantitative estimate of drug-likeness (QED) is 0.835. The first-order valence-electron chi connectivity index (χ1n) is 6.63. The predicted molar refractivity (Wildman–Crippen MR) is 82.2 cm³/mol. The Bertz CT molecular complexity index is 481. The molecule has 2 aromatic rings. The van der Waals surface area contributed by atoms with E-state index in [9.17, 15) is 0 Å². The highest BCUT2D eigenvalue weighted by Crippen LogP contribution is 2.20. The molecule has 1 N–H and O–H groups in total. The molecule has 1 atom stereocenters. The Labute approximate surface area is 119 Å². The van der Waals surface area contributed by atoms with Crippen molar-refractivity contribution in [2.75, 3.05) is 14.2 Å². The van der Waals surface area contributed by atoms with E-state index in [0.717, 1.165) is 25.0 Å². The number of nitrogens with one attached hydrogen (secondary N) is 1. The molecule has 1 heterocycles. The van der Waals surface area contributed by atoms with Crippen LogP contribution in [-0.2, 0) is 12.8 Å². The predicted octanol–water partition coefficient (Wildman–Crippen LogP) is 3.52. The topological polar surface area (TPSA) is 21.3 Å². The van der Waals surface area contributed by atoms with Crippen LogP contribution in [0.2, 0.25) is 0 Å². The second-order valence-electron chi connectivity index (χ2n) is 4.67. The summed E-state index contributed by atoms with van der Waals surface area (Å²) >= 11 is 1.77. The van der Waals surface area contributed by atoms with Gasteiger partial charge in [-0.25, -0.2) is 0 Å². The molecule has 0 aliphatic rings. The fourth-order valence-corrected chi connectivity index (χ4v) is 2.96. The van der Waals surface area contributed by atoms with E-state index in [-0.39, 0.29) is 0 Å². The number of aryl methyl sites for hydroxylation is 1. The Kier molecular flexibility index (Phi) is 5.43. The lowest BCUT2D eigenvalue weighted by atomic mass is 9.99. The van der Waals surface area contributed by atoms with Crippen molar-refractivity contribution in [3.63, 3.8) is 0 Å². The molecule has 0 amide bonds. The number of likely N-dealkylation sites (N-methyl/N-ethyl adjacent to an activating group) is 1. The minimum absolute atomic E-state index is 0.483. The normalized spacial score (nSPS) is 12.3. The SMILES string of the molecule is CNC(CCc1ccsc1)Cc1ccccc1OC. The molecule has 0 fully saturated rings. The highest BCUT2D eigenvalue weighted by Gasteiger charge is 2.10. The standard InChI is InChI=1S/C16H21NOS/c1-17-15(8-7-13-9-10-19-12-13)11-14-5-3-4-6-16(14)18-2/h3-6,9-10,12,15,17H,7-8,11H2,1-2H3. The number of ether oxygens (including phenoxy) is 1. The lowest BCUT2D eigenvalue weighted by Gasteiger charge is -2.17. The summed E-state index contributed by atoms with van der Waals surface area (Å²) in [6, 6.07) is 11.0. The van der Waals surface area contributed by atoms with Crippen molar-refractivity contribution in [3.05, 3.63) is 52.2 Å². The van der Waals surface area contributed by atoms with Crippen molar-refractivity contribution in [2.45, 2.75) is 25.3 Å². The Morgan fingerprint density at radius 1 is 1.26 bits per heavy atom. The Balaban J connectivity index is 1.94. The van der Waals surface area contributed by atoms with Crippen molar-refractivity contribution >= 4 is 11.3 Å². The first-order chi connectivity index (χ1) is 9.33. The first kappa shape index (κ1) is 14.1. The third kappa shape index (κ3) is 4.08. The van der Waals surface area contributed by atoms with E-state index < -0.39 is 0 Å². The van der Waals surface area contributed by atoms with Crippen LogP contribution < -0.4 is 10.1 Å². The molecule has 0 saturated carbocycles. The van der Waals surface area contributed by atoms with E-state index in [1.165, 1.54) is 11.1 Å². The maximum atomic E-state index is 5.41. The number of hydrogen-bond donors (Lipinski definition) is 1. The van der Waals surface area contributed by atoms with Crippen LogP contribution in [0.15, 0.2) is 41.1 Å². The molecule has 1 aromatic heterocycles. The molecule has 0 spiro atoms. The van der Waals surface area contributed by atoms with Crippen LogP contribution in [0.25, 0.3) is 0 Å². The van der Waals surface area contributed by atoms with Crippen molar-refractivity contribution < 1.29 is 4.74 Å². The number of para-hydroxylation sites is 1. The van der Waals surface area contributed by atoms with Gasteiger partial charge in [-0.1, -0.05) is 18.2 Å². The van der Waals surface area contributed by atoms with Gasteiger partial charge in [0, 0.05) is 6.04 Å². The highest BCUT2D eigenvalue weighted by molar-refractivity contribution is 7.07. The zero-order valence-corrected chi connectivity index (χ0v) is 12.4. The smallest absolute Gasteiger partial charge is 0.122 e. The molecule has 0 saturated heterocycles. The maximum Gasteiger partial charge on any atom is 0.122 e. The third-order valence-corrected chi connectivity index (χ3v) is 4.16. The van der Waals surface area contributed by atoms with E-state index in [4.69, 9.17) is 4.74 Å². The monoisotopic (exact) mass is 275 g/mol. The molecule has 0 aliphatic carbocycles. The van der Waals surface area contributed by atoms with Crippen molar-refractivity contribution in [1.29, 1.82) is 0 Å². The van der Waals surface area contributed by atoms with E-state index in [2.05, 4.69) is 34.3 Å². The second-order valence-corrected chi connectivity index (χ2v) is 5.45. The molecule has 2 nitrogen and oxygen atoms in total. The molecular formula is C16H21NOS. The zero-order valence-electron chi connectivity index (χ0n) is 11.6. The summed E-state index contributed by atoms with van der Waals surface area (Å²) in [5.41, 5.74) is 2.71. The van der Waals surface area contributed by atoms with Crippen LogP contribution in [0.1, 0.15) is 17.5 Å². The van der Waals surface area contributed by atoms with Gasteiger partial charge in [0.2, 0.25) is 0 Å². The van der Waals surface area contributed by atoms with Gasteiger partial charge in [0.25, 0.3) is 0 Å². The van der Waals surface area contributed by atoms with Crippen LogP contribution in [-0.4, -0.2) is 20.2 Å². The molecule has 0 radical (unpaired) electrons. The van der Waals surface area contributed by atoms with Gasteiger partial charge in [-0.15, -0.1) is 0 Å². The zero-order chi connectivity index (χ0) is 13.5. The molecule has 0 bridgehead atoms. The van der Waals surface area contributed by atoms with Gasteiger partial charge in [0.15, 0.2) is 0 Å². The lowest BCUT2D eigenvalue weighted by molar-refractivity contribution is 0.404. The summed E-state index contributed by atoms with van der Waals surface area (Å²) in [5, 5.41) is 7.79. The number of methoxy groups -OCH3 is 1. The Morgan fingerprint density at radius 2 is 2.11 bits per heavy atom. The van der Waals surface area contributed by atoms with Crippen molar-refractivity contribution in [1.82, 2.24) is 5.32 Å². The van der Waals surface area contributed by atoms with Gasteiger partial charge in [0.05, 0.1) is 7.11 Å². The summed E-state index contributed by atoms with van der Waals surface area (Å²) in [7, 11) is 3.77. The second kappa shape index (κ2) is 7.31. The van der Waals surface area contributed by atoms with E-state index in [1.54, 1.807) is 18.4 Å². The Hall–Kier alpha value is -1.32. The van der Waals surface area contributed by atoms with Gasteiger partial charge in [-0.05, 0) is 60.3 Å². The lowest BCUT2D eigenvalue weighted by Crippen LogP contribution is -2.28. The average molecular weight is 275 g/mol. The van der Waals surface area contributed by atoms with Gasteiger partial charge in [-0.2, -0.15) is 11.3 Å². The minimum Gasteiger partial charge on any atom is -0.496 e. The fraction of sp³-hybridized carbons (Fsp3) is 0.375. The number of rotatable bonds is 7. The van der Waals surface area contributed by atoms with Crippen molar-refractivity contribution in [3.8, 4) is 5.75 Å². The average Bonchev–Trinajstić information content (AvgIpc) is 2.97. The van der Waals surface area contributed by atoms with Crippen LogP contribution in [0.4, 0.5) is 0 Å². The van der Waals surface area contributed by atoms with Gasteiger partial charge in [0.1, 0.15) is 5.75 Å². The van der Waals surface area contributed by atoms with Crippen LogP contribution in [0.5, 0.6) is 5.75 Å².